The van der Waals surface area contributed by atoms with Crippen LogP contribution in [0.5, 0.6) is 0 Å². The summed E-state index contributed by atoms with van der Waals surface area (Å²) in [5, 5.41) is 0. The van der Waals surface area contributed by atoms with Crippen LogP contribution in [0.1, 0.15) is 5.56 Å². The van der Waals surface area contributed by atoms with Crippen LogP contribution in [-0.4, -0.2) is 6.61 Å². The van der Waals surface area contributed by atoms with E-state index < -0.39 is 23.9 Å². The average molecular weight is 191 g/mol. The molecule has 0 fully saturated rings. The number of rotatable bonds is 3. The molecule has 5 heteroatoms. The van der Waals surface area contributed by atoms with E-state index in [9.17, 15) is 13.2 Å². The minimum absolute atomic E-state index is 0.708. The zero-order valence-electron chi connectivity index (χ0n) is 6.64. The third-order valence-corrected chi connectivity index (χ3v) is 1.53. The van der Waals surface area contributed by atoms with Crippen molar-refractivity contribution in [1.82, 2.24) is 0 Å². The Balaban J connectivity index is 2.99. The molecule has 0 unspecified atom stereocenters. The molecule has 0 amide bonds. The van der Waals surface area contributed by atoms with Crippen molar-refractivity contribution in [2.24, 2.45) is 5.90 Å². The van der Waals surface area contributed by atoms with Crippen molar-refractivity contribution in [3.63, 3.8) is 0 Å². The Morgan fingerprint density at radius 2 is 1.92 bits per heavy atom. The fraction of sp³-hybridized carbons (Fsp3) is 0.250. The van der Waals surface area contributed by atoms with E-state index in [1.807, 2.05) is 0 Å². The van der Waals surface area contributed by atoms with Crippen molar-refractivity contribution in [2.45, 2.75) is 5.92 Å². The zero-order valence-corrected chi connectivity index (χ0v) is 6.64. The molecule has 0 bridgehead atoms. The molecule has 72 valence electrons. The molecule has 0 radical (unpaired) electrons. The van der Waals surface area contributed by atoms with Gasteiger partial charge in [-0.1, -0.05) is 12.1 Å². The largest absolute Gasteiger partial charge is 0.300 e. The fourth-order valence-electron chi connectivity index (χ4n) is 0.940. The van der Waals surface area contributed by atoms with Gasteiger partial charge in [-0.05, 0) is 12.1 Å². The number of nitrogens with two attached hydrogens (primary N) is 1. The van der Waals surface area contributed by atoms with Gasteiger partial charge in [-0.2, -0.15) is 8.78 Å². The van der Waals surface area contributed by atoms with Gasteiger partial charge in [0.05, 0.1) is 5.56 Å². The van der Waals surface area contributed by atoms with Crippen LogP contribution in [-0.2, 0) is 10.8 Å². The lowest BCUT2D eigenvalue weighted by atomic mass is 10.1. The van der Waals surface area contributed by atoms with Gasteiger partial charge >= 0.3 is 5.92 Å². The number of hydrogen-bond donors (Lipinski definition) is 1. The van der Waals surface area contributed by atoms with Crippen molar-refractivity contribution < 1.29 is 18.0 Å². The second kappa shape index (κ2) is 3.76. The lowest BCUT2D eigenvalue weighted by molar-refractivity contribution is -0.0859. The molecule has 0 aliphatic rings. The van der Waals surface area contributed by atoms with Crippen molar-refractivity contribution in [1.29, 1.82) is 0 Å². The maximum absolute atomic E-state index is 13.0. The standard InChI is InChI=1S/C8H8F3NO/c9-7-4-2-1-3-6(7)8(10,11)5-13-12/h1-4H,5,12H2. The number of alkyl halides is 2. The second-order valence-electron chi connectivity index (χ2n) is 2.50. The monoisotopic (exact) mass is 191 g/mol. The summed E-state index contributed by atoms with van der Waals surface area (Å²) in [4.78, 5) is 3.80. The molecule has 0 aromatic heterocycles. The molecule has 0 saturated carbocycles. The van der Waals surface area contributed by atoms with E-state index >= 15 is 0 Å². The quantitative estimate of drug-likeness (QED) is 0.739. The fourth-order valence-corrected chi connectivity index (χ4v) is 0.940. The van der Waals surface area contributed by atoms with Crippen molar-refractivity contribution in [2.75, 3.05) is 6.61 Å². The van der Waals surface area contributed by atoms with Gasteiger partial charge in [0.15, 0.2) is 0 Å². The molecule has 2 N–H and O–H groups in total. The maximum atomic E-state index is 13.0. The van der Waals surface area contributed by atoms with Crippen LogP contribution in [0.4, 0.5) is 13.2 Å². The Morgan fingerprint density at radius 1 is 1.31 bits per heavy atom. The van der Waals surface area contributed by atoms with E-state index in [-0.39, 0.29) is 0 Å². The van der Waals surface area contributed by atoms with Crippen LogP contribution in [0.3, 0.4) is 0 Å². The van der Waals surface area contributed by atoms with Gasteiger partial charge < -0.3 is 0 Å². The van der Waals surface area contributed by atoms with Crippen LogP contribution in [0.2, 0.25) is 0 Å². The first kappa shape index (κ1) is 10.0. The van der Waals surface area contributed by atoms with Gasteiger partial charge in [0.2, 0.25) is 0 Å². The van der Waals surface area contributed by atoms with Crippen LogP contribution in [0.15, 0.2) is 24.3 Å². The minimum Gasteiger partial charge on any atom is -0.298 e. The van der Waals surface area contributed by atoms with Gasteiger partial charge in [0, 0.05) is 0 Å². The topological polar surface area (TPSA) is 35.2 Å². The molecule has 0 saturated heterocycles. The van der Waals surface area contributed by atoms with E-state index in [1.165, 1.54) is 12.1 Å². The predicted octanol–water partition coefficient (Wildman–Crippen LogP) is 1.81. The van der Waals surface area contributed by atoms with Crippen LogP contribution >= 0.6 is 0 Å². The highest BCUT2D eigenvalue weighted by Gasteiger charge is 2.34. The first-order chi connectivity index (χ1) is 6.08. The Kier molecular flexibility index (Phi) is 2.90. The Morgan fingerprint density at radius 3 is 2.46 bits per heavy atom. The summed E-state index contributed by atoms with van der Waals surface area (Å²) in [6, 6.07) is 4.61. The van der Waals surface area contributed by atoms with Crippen molar-refractivity contribution in [3.05, 3.63) is 35.6 Å². The summed E-state index contributed by atoms with van der Waals surface area (Å²) in [6.07, 6.45) is 0. The predicted molar refractivity (Wildman–Crippen MR) is 40.4 cm³/mol. The lowest BCUT2D eigenvalue weighted by Gasteiger charge is -2.15. The lowest BCUT2D eigenvalue weighted by Crippen LogP contribution is -2.24. The smallest absolute Gasteiger partial charge is 0.298 e. The van der Waals surface area contributed by atoms with Gasteiger partial charge in [0.1, 0.15) is 12.4 Å². The van der Waals surface area contributed by atoms with Crippen LogP contribution in [0.25, 0.3) is 0 Å². The third kappa shape index (κ3) is 2.19. The minimum atomic E-state index is -3.39. The number of benzene rings is 1. The summed E-state index contributed by atoms with van der Waals surface area (Å²) in [5.41, 5.74) is -0.708. The van der Waals surface area contributed by atoms with Gasteiger partial charge in [-0.25, -0.2) is 10.3 Å². The van der Waals surface area contributed by atoms with Gasteiger partial charge in [-0.15, -0.1) is 0 Å². The Bertz CT molecular complexity index is 290. The van der Waals surface area contributed by atoms with Gasteiger partial charge in [-0.3, -0.25) is 4.84 Å². The Labute approximate surface area is 73.1 Å². The molecule has 1 aromatic rings. The summed E-state index contributed by atoms with van der Waals surface area (Å²) >= 11 is 0. The summed E-state index contributed by atoms with van der Waals surface area (Å²) < 4.78 is 38.8. The van der Waals surface area contributed by atoms with Crippen LogP contribution < -0.4 is 5.90 Å². The summed E-state index contributed by atoms with van der Waals surface area (Å²) in [7, 11) is 0. The van der Waals surface area contributed by atoms with Crippen LogP contribution in [0, 0.1) is 5.82 Å². The SMILES string of the molecule is NOCC(F)(F)c1ccccc1F. The average Bonchev–Trinajstić information content (AvgIpc) is 2.04. The van der Waals surface area contributed by atoms with E-state index in [2.05, 4.69) is 10.7 Å². The third-order valence-electron chi connectivity index (χ3n) is 1.53. The number of hydrogen-bond acceptors (Lipinski definition) is 2. The molecular formula is C8H8F3NO. The van der Waals surface area contributed by atoms with Crippen molar-refractivity contribution >= 4 is 0 Å². The zero-order chi connectivity index (χ0) is 9.90. The second-order valence-corrected chi connectivity index (χ2v) is 2.50. The highest BCUT2D eigenvalue weighted by atomic mass is 19.3. The maximum Gasteiger partial charge on any atom is 0.300 e. The Hall–Kier alpha value is -1.07. The molecule has 0 aliphatic carbocycles. The van der Waals surface area contributed by atoms with Gasteiger partial charge in [0.25, 0.3) is 0 Å². The van der Waals surface area contributed by atoms with E-state index in [1.54, 1.807) is 0 Å². The highest BCUT2D eigenvalue weighted by Crippen LogP contribution is 2.29. The van der Waals surface area contributed by atoms with E-state index in [4.69, 9.17) is 0 Å². The molecule has 1 aromatic carbocycles. The summed E-state index contributed by atoms with van der Waals surface area (Å²) in [5.74, 6) is 0.143. The number of halogens is 3. The molecule has 0 heterocycles. The normalized spacial score (nSPS) is 11.7. The first-order valence-corrected chi connectivity index (χ1v) is 3.52. The van der Waals surface area contributed by atoms with E-state index in [0.717, 1.165) is 12.1 Å². The molecule has 2 nitrogen and oxygen atoms in total. The highest BCUT2D eigenvalue weighted by molar-refractivity contribution is 5.22. The van der Waals surface area contributed by atoms with Crippen molar-refractivity contribution in [3.8, 4) is 0 Å². The van der Waals surface area contributed by atoms with E-state index in [0.29, 0.717) is 0 Å². The molecule has 1 rings (SSSR count). The molecule has 0 spiro atoms. The first-order valence-electron chi connectivity index (χ1n) is 3.52. The molecule has 13 heavy (non-hydrogen) atoms. The molecule has 0 atom stereocenters. The molecule has 0 aliphatic heterocycles. The summed E-state index contributed by atoms with van der Waals surface area (Å²) in [6.45, 7) is -1.03. The molecular weight excluding hydrogens is 183 g/mol.